The van der Waals surface area contributed by atoms with Gasteiger partial charge in [-0.1, -0.05) is 20.8 Å². The van der Waals surface area contributed by atoms with Gasteiger partial charge in [-0.15, -0.1) is 0 Å². The van der Waals surface area contributed by atoms with E-state index in [0.29, 0.717) is 6.42 Å². The third-order valence-electron chi connectivity index (χ3n) is 4.28. The summed E-state index contributed by atoms with van der Waals surface area (Å²) in [5, 5.41) is 11.3. The number of rotatable bonds is 3. The van der Waals surface area contributed by atoms with E-state index < -0.39 is 47.0 Å². The molecule has 3 unspecified atom stereocenters. The summed E-state index contributed by atoms with van der Waals surface area (Å²) in [4.78, 5) is 48.0. The molecule has 7 nitrogen and oxygen atoms in total. The molecular formula is C13H18N2O5. The van der Waals surface area contributed by atoms with E-state index in [-0.39, 0.29) is 6.54 Å². The minimum Gasteiger partial charge on any atom is -0.481 e. The van der Waals surface area contributed by atoms with Crippen LogP contribution in [0.3, 0.4) is 0 Å². The van der Waals surface area contributed by atoms with Crippen molar-refractivity contribution < 1.29 is 24.3 Å². The average Bonchev–Trinajstić information content (AvgIpc) is 2.90. The number of aliphatic carboxylic acids is 1. The summed E-state index contributed by atoms with van der Waals surface area (Å²) in [6.07, 6.45) is 0.385. The molecule has 0 bridgehead atoms. The van der Waals surface area contributed by atoms with Crippen molar-refractivity contribution in [2.45, 2.75) is 33.2 Å². The third-order valence-corrected chi connectivity index (χ3v) is 4.28. The predicted octanol–water partition coefficient (Wildman–Crippen LogP) is -0.393. The summed E-state index contributed by atoms with van der Waals surface area (Å²) in [7, 11) is 0. The van der Waals surface area contributed by atoms with E-state index in [0.717, 1.165) is 0 Å². The third kappa shape index (κ3) is 2.07. The van der Waals surface area contributed by atoms with Crippen molar-refractivity contribution in [2.24, 2.45) is 17.3 Å². The highest BCUT2D eigenvalue weighted by Crippen LogP contribution is 2.59. The van der Waals surface area contributed by atoms with Gasteiger partial charge in [-0.05, 0) is 11.8 Å². The van der Waals surface area contributed by atoms with Crippen molar-refractivity contribution in [3.8, 4) is 0 Å². The molecule has 1 aliphatic heterocycles. The monoisotopic (exact) mass is 282 g/mol. The quantitative estimate of drug-likeness (QED) is 0.686. The number of hydrogen-bond donors (Lipinski definition) is 2. The van der Waals surface area contributed by atoms with Crippen LogP contribution in [0.1, 0.15) is 27.2 Å². The molecule has 3 atom stereocenters. The molecule has 0 aromatic heterocycles. The van der Waals surface area contributed by atoms with Crippen molar-refractivity contribution in [3.05, 3.63) is 0 Å². The molecule has 2 aliphatic rings. The minimum atomic E-state index is -1.02. The van der Waals surface area contributed by atoms with E-state index in [1.807, 2.05) is 0 Å². The number of hydrogen-bond acceptors (Lipinski definition) is 4. The van der Waals surface area contributed by atoms with E-state index >= 15 is 0 Å². The molecule has 2 fully saturated rings. The number of carbonyl (C=O) groups is 4. The highest BCUT2D eigenvalue weighted by atomic mass is 16.4. The molecule has 1 heterocycles. The first kappa shape index (κ1) is 14.5. The number of imide groups is 1. The van der Waals surface area contributed by atoms with Crippen LogP contribution in [-0.4, -0.2) is 46.3 Å². The van der Waals surface area contributed by atoms with Crippen molar-refractivity contribution in [2.75, 3.05) is 6.54 Å². The first-order valence-corrected chi connectivity index (χ1v) is 6.58. The van der Waals surface area contributed by atoms with Crippen LogP contribution in [0.4, 0.5) is 0 Å². The fraction of sp³-hybridized carbons (Fsp3) is 0.692. The molecule has 2 N–H and O–H groups in total. The summed E-state index contributed by atoms with van der Waals surface area (Å²) < 4.78 is 0. The lowest BCUT2D eigenvalue weighted by molar-refractivity contribution is -0.151. The molecule has 1 aliphatic carbocycles. The van der Waals surface area contributed by atoms with Crippen molar-refractivity contribution in [1.29, 1.82) is 0 Å². The van der Waals surface area contributed by atoms with Gasteiger partial charge in [0.05, 0.1) is 11.8 Å². The zero-order valence-electron chi connectivity index (χ0n) is 11.7. The maximum absolute atomic E-state index is 12.5. The lowest BCUT2D eigenvalue weighted by Gasteiger charge is -2.33. The van der Waals surface area contributed by atoms with Gasteiger partial charge in [0.15, 0.2) is 0 Å². The van der Waals surface area contributed by atoms with Crippen molar-refractivity contribution >= 4 is 23.7 Å². The SMILES string of the molecule is CCC1C(=O)NC(=O)CN1C(=O)C1C(C(=O)O)C1(C)C. The second kappa shape index (κ2) is 4.57. The van der Waals surface area contributed by atoms with Gasteiger partial charge in [0.25, 0.3) is 0 Å². The molecular weight excluding hydrogens is 264 g/mol. The lowest BCUT2D eigenvalue weighted by Crippen LogP contribution is -2.60. The molecule has 0 aromatic carbocycles. The maximum Gasteiger partial charge on any atom is 0.307 e. The van der Waals surface area contributed by atoms with E-state index in [4.69, 9.17) is 5.11 Å². The van der Waals surface area contributed by atoms with Gasteiger partial charge in [0.1, 0.15) is 12.6 Å². The van der Waals surface area contributed by atoms with Crippen LogP contribution in [-0.2, 0) is 19.2 Å². The summed E-state index contributed by atoms with van der Waals surface area (Å²) in [5.41, 5.74) is -0.641. The average molecular weight is 282 g/mol. The predicted molar refractivity (Wildman–Crippen MR) is 67.3 cm³/mol. The lowest BCUT2D eigenvalue weighted by atomic mass is 10.1. The van der Waals surface area contributed by atoms with Crippen molar-refractivity contribution in [1.82, 2.24) is 10.2 Å². The van der Waals surface area contributed by atoms with E-state index in [2.05, 4.69) is 5.32 Å². The second-order valence-electron chi connectivity index (χ2n) is 5.92. The Labute approximate surface area is 116 Å². The smallest absolute Gasteiger partial charge is 0.307 e. The molecule has 7 heteroatoms. The number of piperazine rings is 1. The van der Waals surface area contributed by atoms with Gasteiger partial charge >= 0.3 is 5.97 Å². The minimum absolute atomic E-state index is 0.192. The Morgan fingerprint density at radius 3 is 2.40 bits per heavy atom. The Hall–Kier alpha value is -1.92. The maximum atomic E-state index is 12.5. The number of nitrogens with one attached hydrogen (secondary N) is 1. The number of nitrogens with zero attached hydrogens (tertiary/aromatic N) is 1. The van der Waals surface area contributed by atoms with Crippen LogP contribution in [0.5, 0.6) is 0 Å². The Morgan fingerprint density at radius 1 is 1.35 bits per heavy atom. The van der Waals surface area contributed by atoms with Crippen LogP contribution in [0.15, 0.2) is 0 Å². The van der Waals surface area contributed by atoms with Crippen LogP contribution in [0.25, 0.3) is 0 Å². The molecule has 0 aromatic rings. The second-order valence-corrected chi connectivity index (χ2v) is 5.92. The van der Waals surface area contributed by atoms with Gasteiger partial charge in [0, 0.05) is 0 Å². The molecule has 3 amide bonds. The topological polar surface area (TPSA) is 104 Å². The fourth-order valence-corrected chi connectivity index (χ4v) is 3.04. The molecule has 1 saturated carbocycles. The van der Waals surface area contributed by atoms with Gasteiger partial charge in [-0.25, -0.2) is 0 Å². The van der Waals surface area contributed by atoms with Crippen LogP contribution in [0, 0.1) is 17.3 Å². The standard InChI is InChI=1S/C13H18N2O5/c1-4-6-10(17)14-7(16)5-15(6)11(18)8-9(12(19)20)13(8,2)3/h6,8-9H,4-5H2,1-3H3,(H,19,20)(H,14,16,17). The zero-order valence-corrected chi connectivity index (χ0v) is 11.7. The number of carboxylic acid groups (broad SMARTS) is 1. The van der Waals surface area contributed by atoms with E-state index in [1.54, 1.807) is 20.8 Å². The highest BCUT2D eigenvalue weighted by Gasteiger charge is 2.67. The Morgan fingerprint density at radius 2 is 1.95 bits per heavy atom. The normalized spacial score (nSPS) is 31.8. The van der Waals surface area contributed by atoms with Crippen molar-refractivity contribution in [3.63, 3.8) is 0 Å². The highest BCUT2D eigenvalue weighted by molar-refractivity contribution is 6.05. The van der Waals surface area contributed by atoms with Gasteiger partial charge in [-0.3, -0.25) is 24.5 Å². The zero-order chi connectivity index (χ0) is 15.2. The summed E-state index contributed by atoms with van der Waals surface area (Å²) in [5.74, 6) is -3.90. The molecule has 2 rings (SSSR count). The number of amides is 3. The van der Waals surface area contributed by atoms with E-state index in [1.165, 1.54) is 4.90 Å². The summed E-state index contributed by atoms with van der Waals surface area (Å²) in [6, 6.07) is -0.703. The van der Waals surface area contributed by atoms with Crippen LogP contribution < -0.4 is 5.32 Å². The molecule has 20 heavy (non-hydrogen) atoms. The largest absolute Gasteiger partial charge is 0.481 e. The first-order valence-electron chi connectivity index (χ1n) is 6.58. The van der Waals surface area contributed by atoms with Gasteiger partial charge in [0.2, 0.25) is 17.7 Å². The molecule has 0 radical (unpaired) electrons. The number of carbonyl (C=O) groups excluding carboxylic acids is 3. The molecule has 1 saturated heterocycles. The van der Waals surface area contributed by atoms with Crippen LogP contribution in [0.2, 0.25) is 0 Å². The Kier molecular flexibility index (Phi) is 3.31. The Balaban J connectivity index is 2.22. The van der Waals surface area contributed by atoms with E-state index in [9.17, 15) is 19.2 Å². The Bertz CT molecular complexity index is 499. The number of carboxylic acids is 1. The van der Waals surface area contributed by atoms with Gasteiger partial charge < -0.3 is 10.0 Å². The molecule has 0 spiro atoms. The summed E-state index contributed by atoms with van der Waals surface area (Å²) >= 11 is 0. The van der Waals surface area contributed by atoms with Crippen LogP contribution >= 0.6 is 0 Å². The molecule has 110 valence electrons. The fourth-order valence-electron chi connectivity index (χ4n) is 3.04. The summed E-state index contributed by atoms with van der Waals surface area (Å²) in [6.45, 7) is 4.97. The first-order chi connectivity index (χ1) is 9.21. The van der Waals surface area contributed by atoms with Gasteiger partial charge in [-0.2, -0.15) is 0 Å².